The lowest BCUT2D eigenvalue weighted by Gasteiger charge is -2.16. The van der Waals surface area contributed by atoms with Crippen LogP contribution in [0.5, 0.6) is 0 Å². The van der Waals surface area contributed by atoms with Gasteiger partial charge in [0, 0.05) is 29.9 Å². The maximum Gasteiger partial charge on any atom is 0.325 e. The van der Waals surface area contributed by atoms with Crippen molar-refractivity contribution in [1.82, 2.24) is 15.5 Å². The van der Waals surface area contributed by atoms with Crippen LogP contribution in [0.3, 0.4) is 0 Å². The Hall–Kier alpha value is -2.12. The molecule has 3 rings (SSSR count). The first-order chi connectivity index (χ1) is 10.2. The Balaban J connectivity index is 1.65. The van der Waals surface area contributed by atoms with Gasteiger partial charge in [0.15, 0.2) is 0 Å². The fourth-order valence-corrected chi connectivity index (χ4v) is 3.32. The van der Waals surface area contributed by atoms with Crippen molar-refractivity contribution >= 4 is 33.5 Å². The molecule has 1 aliphatic heterocycles. The molecule has 1 aromatic carbocycles. The monoisotopic (exact) mass is 305 g/mol. The van der Waals surface area contributed by atoms with Gasteiger partial charge in [0.05, 0.1) is 6.10 Å². The standard InChI is InChI=1S/C14H15N3O3S/c18-11(7-16-14(20)17-6-5-15-13(17)19)10-8-21-12-4-2-1-3-9(10)12/h1-4,8,11,18H,5-7H2,(H,15,19)(H,16,20). The number of aliphatic hydroxyl groups excluding tert-OH is 1. The molecule has 0 saturated carbocycles. The number of imide groups is 1. The predicted molar refractivity (Wildman–Crippen MR) is 80.3 cm³/mol. The highest BCUT2D eigenvalue weighted by atomic mass is 32.1. The second-order valence-electron chi connectivity index (χ2n) is 4.77. The van der Waals surface area contributed by atoms with Crippen LogP contribution in [0.25, 0.3) is 10.1 Å². The van der Waals surface area contributed by atoms with E-state index in [1.807, 2.05) is 29.6 Å². The quantitative estimate of drug-likeness (QED) is 0.807. The van der Waals surface area contributed by atoms with Gasteiger partial charge in [-0.15, -0.1) is 11.3 Å². The third-order valence-corrected chi connectivity index (χ3v) is 4.40. The number of fused-ring (bicyclic) bond motifs is 1. The smallest absolute Gasteiger partial charge is 0.325 e. The molecule has 0 aliphatic carbocycles. The van der Waals surface area contributed by atoms with Crippen molar-refractivity contribution in [2.45, 2.75) is 6.10 Å². The number of nitrogens with one attached hydrogen (secondary N) is 2. The van der Waals surface area contributed by atoms with Gasteiger partial charge in [0.1, 0.15) is 0 Å². The van der Waals surface area contributed by atoms with Crippen LogP contribution in [-0.2, 0) is 0 Å². The average Bonchev–Trinajstić information content (AvgIpc) is 3.10. The van der Waals surface area contributed by atoms with E-state index in [1.165, 1.54) is 0 Å². The number of thiophene rings is 1. The van der Waals surface area contributed by atoms with Gasteiger partial charge in [0.2, 0.25) is 0 Å². The van der Waals surface area contributed by atoms with Gasteiger partial charge in [-0.05, 0) is 16.8 Å². The number of hydrogen-bond acceptors (Lipinski definition) is 4. The fourth-order valence-electron chi connectivity index (χ4n) is 2.31. The Bertz CT molecular complexity index is 685. The van der Waals surface area contributed by atoms with E-state index in [-0.39, 0.29) is 6.54 Å². The Kier molecular flexibility index (Phi) is 3.76. The molecule has 3 N–H and O–H groups in total. The van der Waals surface area contributed by atoms with Crippen molar-refractivity contribution in [1.29, 1.82) is 0 Å². The molecule has 7 heteroatoms. The molecular formula is C14H15N3O3S. The summed E-state index contributed by atoms with van der Waals surface area (Å²) in [4.78, 5) is 24.3. The molecule has 1 saturated heterocycles. The van der Waals surface area contributed by atoms with Crippen LogP contribution >= 0.6 is 11.3 Å². The van der Waals surface area contributed by atoms with E-state index < -0.39 is 18.2 Å². The lowest BCUT2D eigenvalue weighted by atomic mass is 10.1. The summed E-state index contributed by atoms with van der Waals surface area (Å²) in [5.74, 6) is 0. The minimum atomic E-state index is -0.796. The summed E-state index contributed by atoms with van der Waals surface area (Å²) in [6.45, 7) is 0.884. The zero-order valence-corrected chi connectivity index (χ0v) is 12.0. The third kappa shape index (κ3) is 2.70. The molecule has 2 aromatic rings. The molecule has 2 heterocycles. The molecule has 4 amide bonds. The van der Waals surface area contributed by atoms with E-state index in [9.17, 15) is 14.7 Å². The van der Waals surface area contributed by atoms with Crippen molar-refractivity contribution < 1.29 is 14.7 Å². The van der Waals surface area contributed by atoms with Crippen molar-refractivity contribution in [3.63, 3.8) is 0 Å². The van der Waals surface area contributed by atoms with Crippen LogP contribution in [0.15, 0.2) is 29.6 Å². The summed E-state index contributed by atoms with van der Waals surface area (Å²) in [5.41, 5.74) is 0.793. The highest BCUT2D eigenvalue weighted by Gasteiger charge is 2.26. The SMILES string of the molecule is O=C1NCCN1C(=O)NCC(O)c1csc2ccccc12. The second kappa shape index (κ2) is 5.71. The van der Waals surface area contributed by atoms with Gasteiger partial charge < -0.3 is 15.7 Å². The van der Waals surface area contributed by atoms with Crippen molar-refractivity contribution in [3.05, 3.63) is 35.2 Å². The highest BCUT2D eigenvalue weighted by Crippen LogP contribution is 2.29. The molecule has 110 valence electrons. The summed E-state index contributed by atoms with van der Waals surface area (Å²) in [7, 11) is 0. The Morgan fingerprint density at radius 2 is 2.29 bits per heavy atom. The number of nitrogens with zero attached hydrogens (tertiary/aromatic N) is 1. The lowest BCUT2D eigenvalue weighted by molar-refractivity contribution is 0.166. The molecule has 6 nitrogen and oxygen atoms in total. The van der Waals surface area contributed by atoms with Gasteiger partial charge in [-0.25, -0.2) is 14.5 Å². The van der Waals surface area contributed by atoms with Crippen LogP contribution in [0.4, 0.5) is 9.59 Å². The predicted octanol–water partition coefficient (Wildman–Crippen LogP) is 1.67. The van der Waals surface area contributed by atoms with Gasteiger partial charge in [0.25, 0.3) is 0 Å². The number of amides is 4. The molecule has 1 aromatic heterocycles. The van der Waals surface area contributed by atoms with Gasteiger partial charge in [-0.2, -0.15) is 0 Å². The number of urea groups is 2. The van der Waals surface area contributed by atoms with Crippen LogP contribution in [0.1, 0.15) is 11.7 Å². The number of hydrogen-bond donors (Lipinski definition) is 3. The Labute approximate surface area is 125 Å². The van der Waals surface area contributed by atoms with E-state index in [2.05, 4.69) is 10.6 Å². The first kappa shape index (κ1) is 13.8. The number of rotatable bonds is 3. The molecular weight excluding hydrogens is 290 g/mol. The fraction of sp³-hybridized carbons (Fsp3) is 0.286. The number of carbonyl (C=O) groups is 2. The summed E-state index contributed by atoms with van der Waals surface area (Å²) in [6, 6.07) is 6.91. The zero-order valence-electron chi connectivity index (χ0n) is 11.2. The van der Waals surface area contributed by atoms with Crippen LogP contribution in [-0.4, -0.2) is 41.7 Å². The van der Waals surface area contributed by atoms with E-state index in [1.54, 1.807) is 11.3 Å². The van der Waals surface area contributed by atoms with E-state index in [0.29, 0.717) is 13.1 Å². The number of carbonyl (C=O) groups excluding carboxylic acids is 2. The van der Waals surface area contributed by atoms with E-state index >= 15 is 0 Å². The van der Waals surface area contributed by atoms with Gasteiger partial charge in [-0.3, -0.25) is 0 Å². The molecule has 0 spiro atoms. The molecule has 1 atom stereocenters. The zero-order chi connectivity index (χ0) is 14.8. The molecule has 1 unspecified atom stereocenters. The average molecular weight is 305 g/mol. The summed E-state index contributed by atoms with van der Waals surface area (Å²) in [5, 5.41) is 18.3. The molecule has 21 heavy (non-hydrogen) atoms. The lowest BCUT2D eigenvalue weighted by Crippen LogP contribution is -2.43. The molecule has 1 aliphatic rings. The highest BCUT2D eigenvalue weighted by molar-refractivity contribution is 7.17. The first-order valence-electron chi connectivity index (χ1n) is 6.64. The van der Waals surface area contributed by atoms with E-state index in [4.69, 9.17) is 0 Å². The van der Waals surface area contributed by atoms with Crippen molar-refractivity contribution in [2.24, 2.45) is 0 Å². The Morgan fingerprint density at radius 3 is 3.05 bits per heavy atom. The topological polar surface area (TPSA) is 81.7 Å². The number of aliphatic hydroxyl groups is 1. The second-order valence-corrected chi connectivity index (χ2v) is 5.68. The normalized spacial score (nSPS) is 16.0. The summed E-state index contributed by atoms with van der Waals surface area (Å²) < 4.78 is 1.09. The summed E-state index contributed by atoms with van der Waals surface area (Å²) in [6.07, 6.45) is -0.796. The van der Waals surface area contributed by atoms with Gasteiger partial charge in [-0.1, -0.05) is 18.2 Å². The van der Waals surface area contributed by atoms with Crippen LogP contribution < -0.4 is 10.6 Å². The number of benzene rings is 1. The molecule has 0 radical (unpaired) electrons. The first-order valence-corrected chi connectivity index (χ1v) is 7.52. The molecule has 1 fully saturated rings. The van der Waals surface area contributed by atoms with Gasteiger partial charge >= 0.3 is 12.1 Å². The van der Waals surface area contributed by atoms with E-state index in [0.717, 1.165) is 20.5 Å². The van der Waals surface area contributed by atoms with Crippen LogP contribution in [0, 0.1) is 0 Å². The van der Waals surface area contributed by atoms with Crippen molar-refractivity contribution in [3.8, 4) is 0 Å². The maximum atomic E-state index is 11.8. The summed E-state index contributed by atoms with van der Waals surface area (Å²) >= 11 is 1.55. The maximum absolute atomic E-state index is 11.8. The minimum absolute atomic E-state index is 0.0728. The van der Waals surface area contributed by atoms with Crippen molar-refractivity contribution in [2.75, 3.05) is 19.6 Å². The minimum Gasteiger partial charge on any atom is -0.387 e. The largest absolute Gasteiger partial charge is 0.387 e. The van der Waals surface area contributed by atoms with Crippen LogP contribution in [0.2, 0.25) is 0 Å². The Morgan fingerprint density at radius 1 is 1.48 bits per heavy atom. The third-order valence-electron chi connectivity index (χ3n) is 3.42. The molecule has 0 bridgehead atoms.